The zero-order valence-electron chi connectivity index (χ0n) is 16.3. The van der Waals surface area contributed by atoms with Crippen LogP contribution in [0.3, 0.4) is 0 Å². The number of amides is 2. The van der Waals surface area contributed by atoms with Crippen molar-refractivity contribution in [3.05, 3.63) is 58.9 Å². The van der Waals surface area contributed by atoms with Crippen LogP contribution in [0.2, 0.25) is 5.02 Å². The van der Waals surface area contributed by atoms with E-state index in [4.69, 9.17) is 11.6 Å². The predicted octanol–water partition coefficient (Wildman–Crippen LogP) is 3.49. The second-order valence-electron chi connectivity index (χ2n) is 7.63. The first-order valence-corrected chi connectivity index (χ1v) is 10.2. The molecule has 0 saturated carbocycles. The number of rotatable bonds is 3. The van der Waals surface area contributed by atoms with E-state index < -0.39 is 0 Å². The molecule has 2 fully saturated rings. The molecule has 2 amide bonds. The lowest BCUT2D eigenvalue weighted by atomic mass is 10.1. The van der Waals surface area contributed by atoms with Crippen molar-refractivity contribution in [1.29, 1.82) is 0 Å². The van der Waals surface area contributed by atoms with Gasteiger partial charge in [-0.3, -0.25) is 9.59 Å². The van der Waals surface area contributed by atoms with Crippen LogP contribution in [-0.4, -0.2) is 49.4 Å². The fourth-order valence-electron chi connectivity index (χ4n) is 3.97. The van der Waals surface area contributed by atoms with Crippen LogP contribution in [0.25, 0.3) is 0 Å². The standard InChI is InChI=1S/C22H23ClFN3O2/c1-15-2-5-19(13-20(15)23)27-14-16(12-21(27)28)22(29)26-10-8-25(9-11-26)18-6-3-17(24)4-7-18/h2-7,13,16H,8-12,14H2,1H3/t16-/m1/s1. The molecular weight excluding hydrogens is 393 g/mol. The van der Waals surface area contributed by atoms with E-state index in [1.54, 1.807) is 23.1 Å². The smallest absolute Gasteiger partial charge is 0.228 e. The molecule has 1 atom stereocenters. The van der Waals surface area contributed by atoms with Gasteiger partial charge in [0.25, 0.3) is 0 Å². The van der Waals surface area contributed by atoms with E-state index in [9.17, 15) is 14.0 Å². The number of carbonyl (C=O) groups is 2. The Hall–Kier alpha value is -2.60. The van der Waals surface area contributed by atoms with Crippen molar-refractivity contribution >= 4 is 34.8 Å². The second kappa shape index (κ2) is 8.03. The Morgan fingerprint density at radius 1 is 1.03 bits per heavy atom. The maximum absolute atomic E-state index is 13.1. The predicted molar refractivity (Wildman–Crippen MR) is 112 cm³/mol. The Bertz CT molecular complexity index is 926. The molecule has 4 rings (SSSR count). The zero-order valence-corrected chi connectivity index (χ0v) is 17.0. The quantitative estimate of drug-likeness (QED) is 0.770. The number of benzene rings is 2. The van der Waals surface area contributed by atoms with E-state index in [0.29, 0.717) is 37.7 Å². The molecule has 2 aromatic carbocycles. The van der Waals surface area contributed by atoms with Gasteiger partial charge >= 0.3 is 0 Å². The molecule has 5 nitrogen and oxygen atoms in total. The number of carbonyl (C=O) groups excluding carboxylic acids is 2. The highest BCUT2D eigenvalue weighted by molar-refractivity contribution is 6.31. The van der Waals surface area contributed by atoms with Crippen LogP contribution in [0.4, 0.5) is 15.8 Å². The normalized spacial score (nSPS) is 19.8. The summed E-state index contributed by atoms with van der Waals surface area (Å²) in [6.07, 6.45) is 0.225. The summed E-state index contributed by atoms with van der Waals surface area (Å²) in [5.74, 6) is -0.612. The van der Waals surface area contributed by atoms with Crippen molar-refractivity contribution in [3.8, 4) is 0 Å². The van der Waals surface area contributed by atoms with E-state index in [2.05, 4.69) is 4.90 Å². The molecule has 2 saturated heterocycles. The Labute approximate surface area is 174 Å². The molecule has 2 aliphatic heterocycles. The summed E-state index contributed by atoms with van der Waals surface area (Å²) in [5.41, 5.74) is 2.65. The number of hydrogen-bond donors (Lipinski definition) is 0. The zero-order chi connectivity index (χ0) is 20.5. The van der Waals surface area contributed by atoms with E-state index in [-0.39, 0.29) is 30.0 Å². The lowest BCUT2D eigenvalue weighted by molar-refractivity contribution is -0.136. The highest BCUT2D eigenvalue weighted by atomic mass is 35.5. The lowest BCUT2D eigenvalue weighted by Gasteiger charge is -2.37. The largest absolute Gasteiger partial charge is 0.368 e. The number of nitrogens with zero attached hydrogens (tertiary/aromatic N) is 3. The SMILES string of the molecule is Cc1ccc(N2C[C@H](C(=O)N3CCN(c4ccc(F)cc4)CC3)CC2=O)cc1Cl. The molecule has 0 radical (unpaired) electrons. The number of aryl methyl sites for hydroxylation is 1. The van der Waals surface area contributed by atoms with Gasteiger partial charge in [-0.25, -0.2) is 4.39 Å². The van der Waals surface area contributed by atoms with Crippen molar-refractivity contribution in [2.45, 2.75) is 13.3 Å². The van der Waals surface area contributed by atoms with Gasteiger partial charge in [0.1, 0.15) is 5.82 Å². The minimum atomic E-state index is -0.333. The van der Waals surface area contributed by atoms with Gasteiger partial charge in [0, 0.05) is 55.5 Å². The first kappa shape index (κ1) is 19.7. The molecule has 152 valence electrons. The molecule has 0 bridgehead atoms. The Kier molecular flexibility index (Phi) is 5.46. The van der Waals surface area contributed by atoms with Gasteiger partial charge in [-0.2, -0.15) is 0 Å². The van der Waals surface area contributed by atoms with Crippen molar-refractivity contribution < 1.29 is 14.0 Å². The van der Waals surface area contributed by atoms with E-state index in [1.807, 2.05) is 24.0 Å². The number of piperazine rings is 1. The van der Waals surface area contributed by atoms with Crippen molar-refractivity contribution in [2.75, 3.05) is 42.5 Å². The summed E-state index contributed by atoms with van der Waals surface area (Å²) >= 11 is 6.19. The first-order chi connectivity index (χ1) is 13.9. The van der Waals surface area contributed by atoms with Crippen LogP contribution in [-0.2, 0) is 9.59 Å². The van der Waals surface area contributed by atoms with Gasteiger partial charge in [-0.05, 0) is 48.9 Å². The van der Waals surface area contributed by atoms with Crippen LogP contribution in [0.1, 0.15) is 12.0 Å². The van der Waals surface area contributed by atoms with E-state index >= 15 is 0 Å². The average molecular weight is 416 g/mol. The van der Waals surface area contributed by atoms with E-state index in [0.717, 1.165) is 16.9 Å². The molecule has 2 aromatic rings. The van der Waals surface area contributed by atoms with E-state index in [1.165, 1.54) is 12.1 Å². The van der Waals surface area contributed by atoms with Crippen LogP contribution in [0.15, 0.2) is 42.5 Å². The summed E-state index contributed by atoms with van der Waals surface area (Å²) in [6.45, 7) is 4.87. The topological polar surface area (TPSA) is 43.9 Å². The average Bonchev–Trinajstić information content (AvgIpc) is 3.12. The minimum Gasteiger partial charge on any atom is -0.368 e. The van der Waals surface area contributed by atoms with Gasteiger partial charge in [0.05, 0.1) is 5.92 Å². The maximum atomic E-state index is 13.1. The summed E-state index contributed by atoms with van der Waals surface area (Å²) in [7, 11) is 0. The molecule has 0 aliphatic carbocycles. The molecule has 2 aliphatic rings. The fraction of sp³-hybridized carbons (Fsp3) is 0.364. The van der Waals surface area contributed by atoms with Crippen molar-refractivity contribution in [3.63, 3.8) is 0 Å². The molecule has 29 heavy (non-hydrogen) atoms. The number of halogens is 2. The molecular formula is C22H23ClFN3O2. The van der Waals surface area contributed by atoms with Gasteiger partial charge < -0.3 is 14.7 Å². The third-order valence-electron chi connectivity index (χ3n) is 5.72. The summed E-state index contributed by atoms with van der Waals surface area (Å²) in [5, 5.41) is 0.613. The lowest BCUT2D eigenvalue weighted by Crippen LogP contribution is -2.50. The molecule has 7 heteroatoms. The van der Waals surface area contributed by atoms with Gasteiger partial charge in [-0.15, -0.1) is 0 Å². The Morgan fingerprint density at radius 2 is 1.69 bits per heavy atom. The van der Waals surface area contributed by atoms with Crippen LogP contribution in [0.5, 0.6) is 0 Å². The highest BCUT2D eigenvalue weighted by Crippen LogP contribution is 2.30. The van der Waals surface area contributed by atoms with Crippen molar-refractivity contribution in [1.82, 2.24) is 4.90 Å². The molecule has 0 aromatic heterocycles. The Balaban J connectivity index is 1.37. The van der Waals surface area contributed by atoms with Gasteiger partial charge in [0.2, 0.25) is 11.8 Å². The van der Waals surface area contributed by atoms with Crippen LogP contribution < -0.4 is 9.80 Å². The summed E-state index contributed by atoms with van der Waals surface area (Å²) in [6, 6.07) is 11.9. The molecule has 0 N–H and O–H groups in total. The van der Waals surface area contributed by atoms with Gasteiger partial charge in [0.15, 0.2) is 0 Å². The number of hydrogen-bond acceptors (Lipinski definition) is 3. The third kappa shape index (κ3) is 4.08. The summed E-state index contributed by atoms with van der Waals surface area (Å²) in [4.78, 5) is 31.1. The van der Waals surface area contributed by atoms with Crippen molar-refractivity contribution in [2.24, 2.45) is 5.92 Å². The number of anilines is 2. The molecule has 0 spiro atoms. The minimum absolute atomic E-state index is 0.0258. The molecule has 2 heterocycles. The van der Waals surface area contributed by atoms with Crippen LogP contribution in [0, 0.1) is 18.7 Å². The monoisotopic (exact) mass is 415 g/mol. The van der Waals surface area contributed by atoms with Crippen LogP contribution >= 0.6 is 11.6 Å². The van der Waals surface area contributed by atoms with Gasteiger partial charge in [-0.1, -0.05) is 17.7 Å². The second-order valence-corrected chi connectivity index (χ2v) is 8.03. The Morgan fingerprint density at radius 3 is 2.34 bits per heavy atom. The first-order valence-electron chi connectivity index (χ1n) is 9.78. The molecule has 0 unspecified atom stereocenters. The highest BCUT2D eigenvalue weighted by Gasteiger charge is 2.38. The fourth-order valence-corrected chi connectivity index (χ4v) is 4.14. The summed E-state index contributed by atoms with van der Waals surface area (Å²) < 4.78 is 13.1. The third-order valence-corrected chi connectivity index (χ3v) is 6.13. The maximum Gasteiger partial charge on any atom is 0.228 e.